The van der Waals surface area contributed by atoms with Crippen LogP contribution in [0.15, 0.2) is 51.9 Å². The molecule has 0 saturated carbocycles. The van der Waals surface area contributed by atoms with Crippen molar-refractivity contribution in [3.8, 4) is 16.9 Å². The molecule has 0 aliphatic carbocycles. The van der Waals surface area contributed by atoms with Crippen molar-refractivity contribution in [2.45, 2.75) is 58.8 Å². The van der Waals surface area contributed by atoms with Gasteiger partial charge in [-0.25, -0.2) is 4.79 Å². The van der Waals surface area contributed by atoms with Crippen molar-refractivity contribution < 1.29 is 18.7 Å². The highest BCUT2D eigenvalue weighted by Crippen LogP contribution is 2.29. The number of aryl methyl sites for hydroxylation is 1. The Morgan fingerprint density at radius 3 is 2.47 bits per heavy atom. The number of fused-ring (bicyclic) bond motifs is 1. The highest BCUT2D eigenvalue weighted by Gasteiger charge is 2.16. The molecular weight excluding hydrogens is 428 g/mol. The first kappa shape index (κ1) is 23.9. The maximum absolute atomic E-state index is 13.2. The van der Waals surface area contributed by atoms with Crippen molar-refractivity contribution in [1.82, 2.24) is 0 Å². The van der Waals surface area contributed by atoms with E-state index in [0.717, 1.165) is 49.7 Å². The lowest BCUT2D eigenvalue weighted by atomic mass is 10.0. The van der Waals surface area contributed by atoms with Gasteiger partial charge in [0, 0.05) is 11.1 Å². The normalized spacial score (nSPS) is 11.0. The van der Waals surface area contributed by atoms with Crippen molar-refractivity contribution in [1.29, 1.82) is 0 Å². The van der Waals surface area contributed by atoms with Gasteiger partial charge in [-0.3, -0.25) is 4.79 Å². The molecule has 1 heterocycles. The minimum atomic E-state index is -0.743. The van der Waals surface area contributed by atoms with Crippen molar-refractivity contribution in [3.05, 3.63) is 63.5 Å². The van der Waals surface area contributed by atoms with Crippen LogP contribution in [0, 0.1) is 0 Å². The molecule has 0 aliphatic heterocycles. The molecule has 0 amide bonds. The van der Waals surface area contributed by atoms with Crippen LogP contribution in [-0.2, 0) is 11.2 Å². The van der Waals surface area contributed by atoms with Crippen molar-refractivity contribution in [2.75, 3.05) is 6.61 Å². The van der Waals surface area contributed by atoms with E-state index in [9.17, 15) is 9.59 Å². The molecule has 0 aliphatic rings. The fourth-order valence-electron chi connectivity index (χ4n) is 3.48. The Kier molecular flexibility index (Phi) is 8.74. The van der Waals surface area contributed by atoms with Gasteiger partial charge < -0.3 is 13.9 Å². The van der Waals surface area contributed by atoms with Crippen LogP contribution in [0.1, 0.15) is 57.9 Å². The monoisotopic (exact) mass is 456 g/mol. The summed E-state index contributed by atoms with van der Waals surface area (Å²) >= 11 is 5.97. The quantitative estimate of drug-likeness (QED) is 0.179. The van der Waals surface area contributed by atoms with Gasteiger partial charge in [-0.1, -0.05) is 63.3 Å². The summed E-state index contributed by atoms with van der Waals surface area (Å²) in [5, 5.41) is 1.05. The third-order valence-electron chi connectivity index (χ3n) is 5.32. The molecule has 0 spiro atoms. The van der Waals surface area contributed by atoms with Gasteiger partial charge >= 0.3 is 6.16 Å². The number of carbonyl (C=O) groups excluding carboxylic acids is 1. The number of rotatable bonds is 10. The summed E-state index contributed by atoms with van der Waals surface area (Å²) in [5.41, 5.74) is 2.21. The van der Waals surface area contributed by atoms with E-state index in [1.54, 1.807) is 36.4 Å². The highest BCUT2D eigenvalue weighted by atomic mass is 35.5. The topological polar surface area (TPSA) is 65.7 Å². The first-order valence-corrected chi connectivity index (χ1v) is 11.6. The van der Waals surface area contributed by atoms with E-state index in [2.05, 4.69) is 6.92 Å². The maximum atomic E-state index is 13.2. The van der Waals surface area contributed by atoms with E-state index in [1.165, 1.54) is 6.26 Å². The summed E-state index contributed by atoms with van der Waals surface area (Å²) in [6.07, 6.45) is 7.33. The molecule has 2 aromatic carbocycles. The zero-order chi connectivity index (χ0) is 22.9. The molecular formula is C26H29ClO5. The standard InChI is InChI=1S/C26H29ClO5/c1-3-5-7-8-9-19-15-21-24(16-23(19)32-26(29)30-14-6-4-2)31-17-22(25(21)28)18-10-12-20(27)13-11-18/h10-13,15-17H,3-9,14H2,1-2H3. The van der Waals surface area contributed by atoms with Gasteiger partial charge in [-0.2, -0.15) is 0 Å². The van der Waals surface area contributed by atoms with E-state index in [4.69, 9.17) is 25.5 Å². The second kappa shape index (κ2) is 11.7. The number of halogens is 1. The molecule has 0 saturated heterocycles. The zero-order valence-corrected chi connectivity index (χ0v) is 19.4. The first-order valence-electron chi connectivity index (χ1n) is 11.2. The number of benzene rings is 2. The molecule has 5 nitrogen and oxygen atoms in total. The van der Waals surface area contributed by atoms with Crippen LogP contribution in [0.25, 0.3) is 22.1 Å². The molecule has 170 valence electrons. The predicted octanol–water partition coefficient (Wildman–Crippen LogP) is 7.55. The average Bonchev–Trinajstić information content (AvgIpc) is 2.78. The lowest BCUT2D eigenvalue weighted by molar-refractivity contribution is 0.0975. The van der Waals surface area contributed by atoms with Gasteiger partial charge in [-0.05, 0) is 48.6 Å². The molecule has 3 rings (SSSR count). The maximum Gasteiger partial charge on any atom is 0.513 e. The SMILES string of the molecule is CCCCCCc1cc2c(=O)c(-c3ccc(Cl)cc3)coc2cc1OC(=O)OCCCC. The minimum absolute atomic E-state index is 0.138. The third kappa shape index (κ3) is 6.13. The van der Waals surface area contributed by atoms with E-state index in [1.807, 2.05) is 6.92 Å². The summed E-state index contributed by atoms with van der Waals surface area (Å²) < 4.78 is 16.4. The summed E-state index contributed by atoms with van der Waals surface area (Å²) in [7, 11) is 0. The van der Waals surface area contributed by atoms with Crippen molar-refractivity contribution in [2.24, 2.45) is 0 Å². The Labute approximate surface area is 193 Å². The van der Waals surface area contributed by atoms with Crippen LogP contribution in [0.5, 0.6) is 5.75 Å². The second-order valence-electron chi connectivity index (χ2n) is 7.81. The van der Waals surface area contributed by atoms with Gasteiger partial charge in [-0.15, -0.1) is 0 Å². The molecule has 1 aromatic heterocycles. The fraction of sp³-hybridized carbons (Fsp3) is 0.385. The lowest BCUT2D eigenvalue weighted by Crippen LogP contribution is -2.13. The predicted molar refractivity (Wildman–Crippen MR) is 128 cm³/mol. The van der Waals surface area contributed by atoms with Gasteiger partial charge in [0.05, 0.1) is 17.6 Å². The molecule has 3 aromatic rings. The Balaban J connectivity index is 1.96. The van der Waals surface area contributed by atoms with Crippen LogP contribution in [0.3, 0.4) is 0 Å². The average molecular weight is 457 g/mol. The van der Waals surface area contributed by atoms with Gasteiger partial charge in [0.25, 0.3) is 0 Å². The number of hydrogen-bond donors (Lipinski definition) is 0. The van der Waals surface area contributed by atoms with Crippen molar-refractivity contribution in [3.63, 3.8) is 0 Å². The van der Waals surface area contributed by atoms with Gasteiger partial charge in [0.2, 0.25) is 5.43 Å². The third-order valence-corrected chi connectivity index (χ3v) is 5.57. The van der Waals surface area contributed by atoms with Gasteiger partial charge in [0.1, 0.15) is 17.6 Å². The molecule has 0 atom stereocenters. The molecule has 6 heteroatoms. The van der Waals surface area contributed by atoms with Crippen molar-refractivity contribution >= 4 is 28.7 Å². The van der Waals surface area contributed by atoms with E-state index in [0.29, 0.717) is 40.3 Å². The molecule has 0 N–H and O–H groups in total. The number of carbonyl (C=O) groups is 1. The Hall–Kier alpha value is -2.79. The second-order valence-corrected chi connectivity index (χ2v) is 8.24. The summed E-state index contributed by atoms with van der Waals surface area (Å²) in [5.74, 6) is 0.373. The summed E-state index contributed by atoms with van der Waals surface area (Å²) in [4.78, 5) is 25.4. The van der Waals surface area contributed by atoms with Gasteiger partial charge in [0.15, 0.2) is 0 Å². The molecule has 0 bridgehead atoms. The first-order chi connectivity index (χ1) is 15.5. The largest absolute Gasteiger partial charge is 0.513 e. The van der Waals surface area contributed by atoms with Crippen LogP contribution in [0.2, 0.25) is 5.02 Å². The summed E-state index contributed by atoms with van der Waals surface area (Å²) in [6.45, 7) is 4.49. The van der Waals surface area contributed by atoms with Crippen LogP contribution >= 0.6 is 11.6 Å². The van der Waals surface area contributed by atoms with E-state index >= 15 is 0 Å². The van der Waals surface area contributed by atoms with E-state index in [-0.39, 0.29) is 5.43 Å². The molecule has 0 unspecified atom stereocenters. The Morgan fingerprint density at radius 2 is 1.75 bits per heavy atom. The molecule has 0 radical (unpaired) electrons. The number of unbranched alkanes of at least 4 members (excludes halogenated alkanes) is 4. The smallest absolute Gasteiger partial charge is 0.463 e. The summed E-state index contributed by atoms with van der Waals surface area (Å²) in [6, 6.07) is 10.4. The van der Waals surface area contributed by atoms with Crippen LogP contribution in [0.4, 0.5) is 4.79 Å². The Bertz CT molecular complexity index is 1100. The zero-order valence-electron chi connectivity index (χ0n) is 18.6. The Morgan fingerprint density at radius 1 is 1.00 bits per heavy atom. The van der Waals surface area contributed by atoms with Crippen LogP contribution < -0.4 is 10.2 Å². The van der Waals surface area contributed by atoms with Crippen LogP contribution in [-0.4, -0.2) is 12.8 Å². The molecule has 0 fully saturated rings. The fourth-order valence-corrected chi connectivity index (χ4v) is 3.61. The minimum Gasteiger partial charge on any atom is -0.463 e. The molecule has 32 heavy (non-hydrogen) atoms. The van der Waals surface area contributed by atoms with E-state index < -0.39 is 6.16 Å². The lowest BCUT2D eigenvalue weighted by Gasteiger charge is -2.12. The highest BCUT2D eigenvalue weighted by molar-refractivity contribution is 6.30. The number of ether oxygens (including phenoxy) is 2. The number of hydrogen-bond acceptors (Lipinski definition) is 5.